The van der Waals surface area contributed by atoms with Gasteiger partial charge >= 0.3 is 0 Å². The van der Waals surface area contributed by atoms with Gasteiger partial charge in [-0.05, 0) is 24.5 Å². The summed E-state index contributed by atoms with van der Waals surface area (Å²) in [5.41, 5.74) is 8.23. The van der Waals surface area contributed by atoms with E-state index in [-0.39, 0.29) is 0 Å². The molecule has 0 unspecified atom stereocenters. The van der Waals surface area contributed by atoms with Crippen LogP contribution in [0.2, 0.25) is 0 Å². The summed E-state index contributed by atoms with van der Waals surface area (Å²) in [5, 5.41) is 0. The first kappa shape index (κ1) is 17.1. The summed E-state index contributed by atoms with van der Waals surface area (Å²) < 4.78 is 0. The van der Waals surface area contributed by atoms with Crippen LogP contribution in [0.5, 0.6) is 0 Å². The third-order valence-corrected chi connectivity index (χ3v) is 4.10. The number of benzene rings is 1. The first-order valence-corrected chi connectivity index (χ1v) is 8.68. The van der Waals surface area contributed by atoms with Crippen LogP contribution in [0, 0.1) is 0 Å². The molecule has 1 heteroatoms. The molecule has 0 atom stereocenters. The number of rotatable bonds is 12. The predicted molar refractivity (Wildman–Crippen MR) is 91.0 cm³/mol. The molecule has 1 nitrogen and oxygen atoms in total. The maximum absolute atomic E-state index is 5.95. The van der Waals surface area contributed by atoms with Gasteiger partial charge in [0, 0.05) is 5.69 Å². The molecule has 0 aliphatic rings. The normalized spacial score (nSPS) is 10.8. The Kier molecular flexibility index (Phi) is 10.1. The molecule has 0 aliphatic heterocycles. The van der Waals surface area contributed by atoms with Crippen molar-refractivity contribution in [3.05, 3.63) is 29.8 Å². The summed E-state index contributed by atoms with van der Waals surface area (Å²) >= 11 is 0. The Balaban J connectivity index is 1.87. The molecule has 0 fully saturated rings. The molecule has 0 radical (unpaired) electrons. The Hall–Kier alpha value is -0.980. The second-order valence-electron chi connectivity index (χ2n) is 5.98. The van der Waals surface area contributed by atoms with E-state index in [4.69, 9.17) is 5.73 Å². The Bertz CT molecular complexity index is 332. The molecular weight excluding hydrogens is 242 g/mol. The Labute approximate surface area is 126 Å². The van der Waals surface area contributed by atoms with E-state index in [0.717, 1.165) is 12.1 Å². The van der Waals surface area contributed by atoms with Crippen LogP contribution in [0.3, 0.4) is 0 Å². The van der Waals surface area contributed by atoms with Gasteiger partial charge in [0.15, 0.2) is 0 Å². The van der Waals surface area contributed by atoms with E-state index in [2.05, 4.69) is 19.1 Å². The highest BCUT2D eigenvalue weighted by atomic mass is 14.6. The number of nitrogen functional groups attached to an aromatic ring is 1. The highest BCUT2D eigenvalue weighted by Gasteiger charge is 1.98. The lowest BCUT2D eigenvalue weighted by Crippen LogP contribution is -1.93. The fraction of sp³-hybridized carbons (Fsp3) is 0.684. The molecule has 1 aromatic rings. The van der Waals surface area contributed by atoms with Crippen molar-refractivity contribution < 1.29 is 0 Å². The molecule has 0 bridgehead atoms. The minimum atomic E-state index is 0.958. The van der Waals surface area contributed by atoms with Crippen molar-refractivity contribution in [1.82, 2.24) is 0 Å². The number of hydrogen-bond acceptors (Lipinski definition) is 1. The molecule has 1 aromatic carbocycles. The quantitative estimate of drug-likeness (QED) is 0.361. The van der Waals surface area contributed by atoms with Gasteiger partial charge in [-0.15, -0.1) is 0 Å². The van der Waals surface area contributed by atoms with E-state index in [9.17, 15) is 0 Å². The fourth-order valence-electron chi connectivity index (χ4n) is 2.74. The van der Waals surface area contributed by atoms with E-state index < -0.39 is 0 Å². The standard InChI is InChI=1S/C19H33N/c1-2-3-4-5-6-7-8-9-10-11-12-15-18-16-13-14-17-19(18)20/h13-14,16-17H,2-12,15,20H2,1H3. The summed E-state index contributed by atoms with van der Waals surface area (Å²) in [7, 11) is 0. The number of anilines is 1. The Morgan fingerprint density at radius 1 is 0.700 bits per heavy atom. The minimum Gasteiger partial charge on any atom is -0.399 e. The van der Waals surface area contributed by atoms with E-state index in [0.29, 0.717) is 0 Å². The number of nitrogens with two attached hydrogens (primary N) is 1. The van der Waals surface area contributed by atoms with Crippen molar-refractivity contribution >= 4 is 5.69 Å². The van der Waals surface area contributed by atoms with Crippen molar-refractivity contribution in [3.8, 4) is 0 Å². The monoisotopic (exact) mass is 275 g/mol. The number of unbranched alkanes of at least 4 members (excludes halogenated alkanes) is 10. The fourth-order valence-corrected chi connectivity index (χ4v) is 2.74. The molecule has 1 rings (SSSR count). The smallest absolute Gasteiger partial charge is 0.0346 e. The lowest BCUT2D eigenvalue weighted by atomic mass is 10.0. The number of hydrogen-bond donors (Lipinski definition) is 1. The van der Waals surface area contributed by atoms with Gasteiger partial charge in [0.1, 0.15) is 0 Å². The molecule has 2 N–H and O–H groups in total. The first-order chi connectivity index (χ1) is 9.84. The van der Waals surface area contributed by atoms with Gasteiger partial charge < -0.3 is 5.73 Å². The number of aryl methyl sites for hydroxylation is 1. The van der Waals surface area contributed by atoms with Gasteiger partial charge in [0.05, 0.1) is 0 Å². The summed E-state index contributed by atoms with van der Waals surface area (Å²) in [6.45, 7) is 2.28. The lowest BCUT2D eigenvalue weighted by molar-refractivity contribution is 0.549. The average molecular weight is 275 g/mol. The van der Waals surface area contributed by atoms with Crippen molar-refractivity contribution in [2.45, 2.75) is 84.0 Å². The van der Waals surface area contributed by atoms with Gasteiger partial charge in [0.2, 0.25) is 0 Å². The summed E-state index contributed by atoms with van der Waals surface area (Å²) in [5.74, 6) is 0. The second kappa shape index (κ2) is 11.8. The van der Waals surface area contributed by atoms with E-state index in [1.165, 1.54) is 76.2 Å². The lowest BCUT2D eigenvalue weighted by Gasteiger charge is -2.05. The highest BCUT2D eigenvalue weighted by Crippen LogP contribution is 2.16. The van der Waals surface area contributed by atoms with E-state index in [1.54, 1.807) is 0 Å². The molecule has 0 heterocycles. The van der Waals surface area contributed by atoms with Gasteiger partial charge in [-0.1, -0.05) is 89.3 Å². The SMILES string of the molecule is CCCCCCCCCCCCCc1ccccc1N. The van der Waals surface area contributed by atoms with Crippen LogP contribution in [-0.4, -0.2) is 0 Å². The van der Waals surface area contributed by atoms with Crippen LogP contribution in [0.25, 0.3) is 0 Å². The first-order valence-electron chi connectivity index (χ1n) is 8.68. The third-order valence-electron chi connectivity index (χ3n) is 4.10. The van der Waals surface area contributed by atoms with Crippen LogP contribution in [-0.2, 0) is 6.42 Å². The van der Waals surface area contributed by atoms with Crippen molar-refractivity contribution in [3.63, 3.8) is 0 Å². The minimum absolute atomic E-state index is 0.958. The summed E-state index contributed by atoms with van der Waals surface area (Å²) in [6, 6.07) is 8.27. The van der Waals surface area contributed by atoms with Crippen LogP contribution in [0.1, 0.15) is 83.1 Å². The van der Waals surface area contributed by atoms with E-state index in [1.807, 2.05) is 12.1 Å². The molecule has 20 heavy (non-hydrogen) atoms. The zero-order valence-corrected chi connectivity index (χ0v) is 13.4. The molecule has 0 amide bonds. The van der Waals surface area contributed by atoms with Crippen LogP contribution >= 0.6 is 0 Å². The molecule has 0 aromatic heterocycles. The van der Waals surface area contributed by atoms with Gasteiger partial charge in [0.25, 0.3) is 0 Å². The predicted octanol–water partition coefficient (Wildman–Crippen LogP) is 6.12. The Morgan fingerprint density at radius 3 is 1.75 bits per heavy atom. The molecule has 0 saturated carbocycles. The van der Waals surface area contributed by atoms with Gasteiger partial charge in [-0.25, -0.2) is 0 Å². The van der Waals surface area contributed by atoms with Crippen LogP contribution < -0.4 is 5.73 Å². The second-order valence-corrected chi connectivity index (χ2v) is 5.98. The molecule has 114 valence electrons. The van der Waals surface area contributed by atoms with Gasteiger partial charge in [-0.3, -0.25) is 0 Å². The third kappa shape index (κ3) is 8.24. The largest absolute Gasteiger partial charge is 0.399 e. The van der Waals surface area contributed by atoms with Crippen molar-refractivity contribution in [2.75, 3.05) is 5.73 Å². The maximum atomic E-state index is 5.95. The molecule has 0 saturated heterocycles. The zero-order valence-electron chi connectivity index (χ0n) is 13.4. The maximum Gasteiger partial charge on any atom is 0.0346 e. The molecule has 0 spiro atoms. The summed E-state index contributed by atoms with van der Waals surface area (Å²) in [4.78, 5) is 0. The Morgan fingerprint density at radius 2 is 1.20 bits per heavy atom. The van der Waals surface area contributed by atoms with Crippen LogP contribution in [0.15, 0.2) is 24.3 Å². The molecular formula is C19H33N. The topological polar surface area (TPSA) is 26.0 Å². The molecule has 0 aliphatic carbocycles. The highest BCUT2D eigenvalue weighted by molar-refractivity contribution is 5.46. The summed E-state index contributed by atoms with van der Waals surface area (Å²) in [6.07, 6.45) is 16.6. The zero-order chi connectivity index (χ0) is 14.5. The number of para-hydroxylation sites is 1. The van der Waals surface area contributed by atoms with Crippen LogP contribution in [0.4, 0.5) is 5.69 Å². The van der Waals surface area contributed by atoms with E-state index >= 15 is 0 Å². The van der Waals surface area contributed by atoms with Crippen molar-refractivity contribution in [1.29, 1.82) is 0 Å². The van der Waals surface area contributed by atoms with Crippen molar-refractivity contribution in [2.24, 2.45) is 0 Å². The average Bonchev–Trinajstić information content (AvgIpc) is 2.46. The van der Waals surface area contributed by atoms with Gasteiger partial charge in [-0.2, -0.15) is 0 Å².